The maximum Gasteiger partial charge on any atom is 0.254 e. The lowest BCUT2D eigenvalue weighted by atomic mass is 10.2. The van der Waals surface area contributed by atoms with Crippen molar-refractivity contribution in [3.63, 3.8) is 0 Å². The van der Waals surface area contributed by atoms with E-state index in [2.05, 4.69) is 22.6 Å². The lowest BCUT2D eigenvalue weighted by molar-refractivity contribution is 0.0785. The minimum atomic E-state index is -0.0183. The fourth-order valence-electron chi connectivity index (χ4n) is 1.64. The Labute approximate surface area is 139 Å². The molecule has 100 valence electrons. The van der Waals surface area contributed by atoms with Gasteiger partial charge in [-0.1, -0.05) is 35.3 Å². The van der Waals surface area contributed by atoms with Crippen molar-refractivity contribution >= 4 is 63.0 Å². The highest BCUT2D eigenvalue weighted by molar-refractivity contribution is 14.1. The van der Waals surface area contributed by atoms with Gasteiger partial charge in [0.1, 0.15) is 0 Å². The smallest absolute Gasteiger partial charge is 0.254 e. The molecule has 2 rings (SSSR count). The van der Waals surface area contributed by atoms with E-state index in [1.807, 2.05) is 23.6 Å². The summed E-state index contributed by atoms with van der Waals surface area (Å²) in [5.74, 6) is -0.0183. The Balaban J connectivity index is 2.15. The van der Waals surface area contributed by atoms with Crippen LogP contribution in [0, 0.1) is 2.88 Å². The van der Waals surface area contributed by atoms with Crippen LogP contribution in [-0.4, -0.2) is 17.9 Å². The second kappa shape index (κ2) is 6.43. The molecule has 0 unspecified atom stereocenters. The number of carbonyl (C=O) groups excluding carboxylic acids is 1. The van der Waals surface area contributed by atoms with E-state index >= 15 is 0 Å². The van der Waals surface area contributed by atoms with Crippen LogP contribution in [0.15, 0.2) is 29.6 Å². The lowest BCUT2D eigenvalue weighted by Crippen LogP contribution is -2.25. The molecule has 2 nitrogen and oxygen atoms in total. The van der Waals surface area contributed by atoms with Crippen molar-refractivity contribution in [1.29, 1.82) is 0 Å². The summed E-state index contributed by atoms with van der Waals surface area (Å²) in [7, 11) is 1.75. The van der Waals surface area contributed by atoms with Crippen molar-refractivity contribution in [3.05, 3.63) is 53.7 Å². The van der Waals surface area contributed by atoms with E-state index in [1.165, 1.54) is 0 Å². The van der Waals surface area contributed by atoms with Crippen LogP contribution < -0.4 is 0 Å². The zero-order valence-electron chi connectivity index (χ0n) is 9.99. The van der Waals surface area contributed by atoms with Crippen LogP contribution in [0.5, 0.6) is 0 Å². The molecule has 1 heterocycles. The predicted octanol–water partition coefficient (Wildman–Crippen LogP) is 4.93. The third-order valence-electron chi connectivity index (χ3n) is 2.60. The van der Waals surface area contributed by atoms with Crippen LogP contribution in [-0.2, 0) is 6.54 Å². The Hall–Kier alpha value is -0.300. The molecule has 0 saturated heterocycles. The van der Waals surface area contributed by atoms with E-state index in [-0.39, 0.29) is 5.91 Å². The second-order valence-corrected chi connectivity index (χ2v) is 7.60. The van der Waals surface area contributed by atoms with Crippen LogP contribution in [0.3, 0.4) is 0 Å². The summed E-state index contributed by atoms with van der Waals surface area (Å²) in [6.07, 6.45) is 0. The first-order chi connectivity index (χ1) is 8.99. The number of halogens is 3. The Kier molecular flexibility index (Phi) is 5.11. The number of nitrogens with zero attached hydrogens (tertiary/aromatic N) is 1. The van der Waals surface area contributed by atoms with Crippen molar-refractivity contribution in [2.45, 2.75) is 6.54 Å². The highest BCUT2D eigenvalue weighted by Crippen LogP contribution is 2.27. The minimum Gasteiger partial charge on any atom is -0.337 e. The van der Waals surface area contributed by atoms with E-state index in [1.54, 1.807) is 29.4 Å². The van der Waals surface area contributed by atoms with Gasteiger partial charge < -0.3 is 4.90 Å². The lowest BCUT2D eigenvalue weighted by Gasteiger charge is -2.17. The SMILES string of the molecule is CN(Cc1cccc(Cl)c1Cl)C(=O)c1csc(I)c1. The molecule has 0 fully saturated rings. The Morgan fingerprint density at radius 2 is 2.16 bits per heavy atom. The molecule has 0 N–H and O–H groups in total. The van der Waals surface area contributed by atoms with Gasteiger partial charge in [-0.15, -0.1) is 11.3 Å². The summed E-state index contributed by atoms with van der Waals surface area (Å²) in [5, 5.41) is 2.87. The highest BCUT2D eigenvalue weighted by atomic mass is 127. The summed E-state index contributed by atoms with van der Waals surface area (Å²) in [4.78, 5) is 13.8. The number of rotatable bonds is 3. The van der Waals surface area contributed by atoms with E-state index < -0.39 is 0 Å². The fraction of sp³-hybridized carbons (Fsp3) is 0.154. The summed E-state index contributed by atoms with van der Waals surface area (Å²) in [5.41, 5.74) is 1.55. The van der Waals surface area contributed by atoms with Gasteiger partial charge in [-0.3, -0.25) is 4.79 Å². The topological polar surface area (TPSA) is 20.3 Å². The second-order valence-electron chi connectivity index (χ2n) is 4.01. The van der Waals surface area contributed by atoms with Crippen LogP contribution in [0.2, 0.25) is 10.0 Å². The third kappa shape index (κ3) is 3.62. The Morgan fingerprint density at radius 3 is 2.79 bits per heavy atom. The maximum atomic E-state index is 12.2. The molecule has 0 aliphatic rings. The molecule has 1 aromatic carbocycles. The van der Waals surface area contributed by atoms with Crippen molar-refractivity contribution < 1.29 is 4.79 Å². The molecular formula is C13H10Cl2INOS. The molecule has 0 bridgehead atoms. The molecule has 1 aromatic heterocycles. The number of amides is 1. The number of hydrogen-bond acceptors (Lipinski definition) is 2. The Morgan fingerprint density at radius 1 is 1.42 bits per heavy atom. The fourth-order valence-corrected chi connectivity index (χ4v) is 3.34. The van der Waals surface area contributed by atoms with Gasteiger partial charge in [-0.05, 0) is 40.3 Å². The van der Waals surface area contributed by atoms with E-state index in [0.717, 1.165) is 8.45 Å². The number of thiophene rings is 1. The zero-order chi connectivity index (χ0) is 14.0. The van der Waals surface area contributed by atoms with E-state index in [4.69, 9.17) is 23.2 Å². The van der Waals surface area contributed by atoms with Crippen LogP contribution in [0.1, 0.15) is 15.9 Å². The van der Waals surface area contributed by atoms with Gasteiger partial charge in [-0.25, -0.2) is 0 Å². The average molecular weight is 426 g/mol. The van der Waals surface area contributed by atoms with Crippen LogP contribution in [0.25, 0.3) is 0 Å². The van der Waals surface area contributed by atoms with Gasteiger partial charge in [-0.2, -0.15) is 0 Å². The summed E-state index contributed by atoms with van der Waals surface area (Å²) < 4.78 is 1.09. The van der Waals surface area contributed by atoms with Crippen molar-refractivity contribution in [1.82, 2.24) is 4.90 Å². The number of benzene rings is 1. The van der Waals surface area contributed by atoms with Crippen molar-refractivity contribution in [2.24, 2.45) is 0 Å². The first kappa shape index (κ1) is 15.1. The summed E-state index contributed by atoms with van der Waals surface area (Å²) in [6.45, 7) is 0.435. The molecule has 0 aliphatic heterocycles. The molecule has 0 aliphatic carbocycles. The predicted molar refractivity (Wildman–Crippen MR) is 89.3 cm³/mol. The highest BCUT2D eigenvalue weighted by Gasteiger charge is 2.15. The standard InChI is InChI=1S/C13H10Cl2INOS/c1-17(13(18)9-5-11(16)19-7-9)6-8-3-2-4-10(14)12(8)15/h2-5,7H,6H2,1H3. The first-order valence-electron chi connectivity index (χ1n) is 5.41. The van der Waals surface area contributed by atoms with Gasteiger partial charge in [0.2, 0.25) is 0 Å². The van der Waals surface area contributed by atoms with Crippen molar-refractivity contribution in [2.75, 3.05) is 7.05 Å². The molecule has 0 saturated carbocycles. The minimum absolute atomic E-state index is 0.0183. The van der Waals surface area contributed by atoms with Gasteiger partial charge in [0, 0.05) is 19.0 Å². The largest absolute Gasteiger partial charge is 0.337 e. The van der Waals surface area contributed by atoms with Gasteiger partial charge in [0.25, 0.3) is 5.91 Å². The monoisotopic (exact) mass is 425 g/mol. The summed E-state index contributed by atoms with van der Waals surface area (Å²) >= 11 is 15.8. The third-order valence-corrected chi connectivity index (χ3v) is 5.25. The average Bonchev–Trinajstić information content (AvgIpc) is 2.80. The van der Waals surface area contributed by atoms with Crippen molar-refractivity contribution in [3.8, 4) is 0 Å². The molecular weight excluding hydrogens is 416 g/mol. The molecule has 6 heteroatoms. The van der Waals surface area contributed by atoms with Crippen LogP contribution in [0.4, 0.5) is 0 Å². The molecule has 0 atom stereocenters. The van der Waals surface area contributed by atoms with Gasteiger partial charge in [0.05, 0.1) is 18.5 Å². The zero-order valence-corrected chi connectivity index (χ0v) is 14.5. The summed E-state index contributed by atoms with van der Waals surface area (Å²) in [6, 6.07) is 7.31. The van der Waals surface area contributed by atoms with E-state index in [9.17, 15) is 4.79 Å². The number of carbonyl (C=O) groups is 1. The molecule has 2 aromatic rings. The molecule has 0 spiro atoms. The number of hydrogen-bond donors (Lipinski definition) is 0. The van der Waals surface area contributed by atoms with Gasteiger partial charge in [0.15, 0.2) is 0 Å². The first-order valence-corrected chi connectivity index (χ1v) is 8.13. The normalized spacial score (nSPS) is 10.5. The van der Waals surface area contributed by atoms with Gasteiger partial charge >= 0.3 is 0 Å². The molecule has 1 amide bonds. The van der Waals surface area contributed by atoms with E-state index in [0.29, 0.717) is 22.2 Å². The maximum absolute atomic E-state index is 12.2. The molecule has 19 heavy (non-hydrogen) atoms. The van der Waals surface area contributed by atoms with Crippen LogP contribution >= 0.6 is 57.1 Å². The Bertz CT molecular complexity index is 614. The quantitative estimate of drug-likeness (QED) is 0.638. The molecule has 0 radical (unpaired) electrons.